The topological polar surface area (TPSA) is 43.1 Å². The maximum atomic E-state index is 10.8. The van der Waals surface area contributed by atoms with E-state index in [0.29, 0.717) is 0 Å². The van der Waals surface area contributed by atoms with Gasteiger partial charge in [0.2, 0.25) is 0 Å². The van der Waals surface area contributed by atoms with Gasteiger partial charge in [-0.05, 0) is 13.8 Å². The molecule has 0 bridgehead atoms. The number of nitrogens with zero attached hydrogens (tertiary/aromatic N) is 1. The van der Waals surface area contributed by atoms with Crippen LogP contribution < -0.4 is 0 Å². The van der Waals surface area contributed by atoms with Crippen molar-refractivity contribution in [1.29, 1.82) is 0 Å². The first-order chi connectivity index (χ1) is 6.71. The fourth-order valence-corrected chi connectivity index (χ4v) is 1.41. The first-order valence-corrected chi connectivity index (χ1v) is 4.30. The van der Waals surface area contributed by atoms with Crippen molar-refractivity contribution in [2.24, 2.45) is 5.41 Å². The molecule has 12 heavy (non-hydrogen) atoms. The zero-order valence-corrected chi connectivity index (χ0v) is 8.04. The van der Waals surface area contributed by atoms with Gasteiger partial charge in [-0.15, -0.1) is 0 Å². The fraction of sp³-hybridized carbons (Fsp3) is 0.500. The molecular formula is C8H10BrNO2. The van der Waals surface area contributed by atoms with Crippen LogP contribution in [0.3, 0.4) is 0 Å². The Balaban J connectivity index is 3.30. The average Bonchev–Trinajstić information content (AvgIpc) is 2.07. The van der Waals surface area contributed by atoms with Crippen LogP contribution in [0.1, 0.15) is 17.9 Å². The number of allylic oxidation sites excluding steroid dienone is 4. The van der Waals surface area contributed by atoms with Crippen molar-refractivity contribution in [2.75, 3.05) is 0 Å². The Bertz CT molecular complexity index is 350. The molecule has 2 unspecified atom stereocenters. The molecule has 2 atom stereocenters. The van der Waals surface area contributed by atoms with Gasteiger partial charge in [0.05, 0.1) is 10.3 Å². The fourth-order valence-electron chi connectivity index (χ4n) is 1.00. The van der Waals surface area contributed by atoms with E-state index in [4.69, 9.17) is 4.11 Å². The normalized spacial score (nSPS) is 39.3. The molecule has 0 saturated heterocycles. The van der Waals surface area contributed by atoms with Crippen molar-refractivity contribution < 1.29 is 9.04 Å². The van der Waals surface area contributed by atoms with E-state index < -0.39 is 22.0 Å². The quantitative estimate of drug-likeness (QED) is 0.398. The van der Waals surface area contributed by atoms with E-state index in [1.54, 1.807) is 6.08 Å². The summed E-state index contributed by atoms with van der Waals surface area (Å²) in [6, 6.07) is 0. The lowest BCUT2D eigenvalue weighted by Crippen LogP contribution is -2.30. The monoisotopic (exact) mass is 234 g/mol. The van der Waals surface area contributed by atoms with Crippen molar-refractivity contribution in [1.82, 2.24) is 0 Å². The summed E-state index contributed by atoms with van der Waals surface area (Å²) in [7, 11) is 0. The highest BCUT2D eigenvalue weighted by Crippen LogP contribution is 2.38. The van der Waals surface area contributed by atoms with Crippen molar-refractivity contribution in [2.45, 2.75) is 18.6 Å². The number of nitro groups is 1. The van der Waals surface area contributed by atoms with Crippen LogP contribution in [0, 0.1) is 15.5 Å². The van der Waals surface area contributed by atoms with E-state index in [2.05, 4.69) is 15.9 Å². The number of halogens is 1. The van der Waals surface area contributed by atoms with Crippen molar-refractivity contribution in [3.05, 3.63) is 34.0 Å². The lowest BCUT2D eigenvalue weighted by atomic mass is 9.83. The second kappa shape index (κ2) is 3.01. The number of alkyl halides is 1. The minimum absolute atomic E-state index is 0.285. The Kier molecular flexibility index (Phi) is 1.48. The van der Waals surface area contributed by atoms with Gasteiger partial charge in [-0.2, -0.15) is 0 Å². The molecule has 1 aliphatic carbocycles. The molecule has 0 spiro atoms. The molecule has 0 amide bonds. The van der Waals surface area contributed by atoms with Gasteiger partial charge in [-0.3, -0.25) is 10.1 Å². The summed E-state index contributed by atoms with van der Waals surface area (Å²) < 4.78 is 22.2. The molecule has 3 nitrogen and oxygen atoms in total. The van der Waals surface area contributed by atoms with E-state index in [1.807, 2.05) is 0 Å². The van der Waals surface area contributed by atoms with E-state index in [0.717, 1.165) is 0 Å². The summed E-state index contributed by atoms with van der Waals surface area (Å²) in [6.45, 7) is -1.05. The zero-order valence-electron chi connectivity index (χ0n) is 9.45. The first-order valence-electron chi connectivity index (χ1n) is 4.88. The minimum Gasteiger partial charge on any atom is -0.259 e. The van der Waals surface area contributed by atoms with Crippen LogP contribution in [0.15, 0.2) is 23.9 Å². The van der Waals surface area contributed by atoms with Crippen molar-refractivity contribution in [3.8, 4) is 0 Å². The minimum atomic E-state index is -2.43. The molecule has 0 aliphatic heterocycles. The highest BCUT2D eigenvalue weighted by molar-refractivity contribution is 9.09. The maximum absolute atomic E-state index is 10.8. The summed E-state index contributed by atoms with van der Waals surface area (Å²) in [5.41, 5.74) is -1.78. The lowest BCUT2D eigenvalue weighted by molar-refractivity contribution is -0.439. The molecule has 0 N–H and O–H groups in total. The van der Waals surface area contributed by atoms with Crippen LogP contribution in [0.5, 0.6) is 0 Å². The predicted octanol–water partition coefficient (Wildman–Crippen LogP) is 2.51. The highest BCUT2D eigenvalue weighted by Gasteiger charge is 2.39. The van der Waals surface area contributed by atoms with Crippen LogP contribution in [-0.4, -0.2) is 9.75 Å². The first kappa shape index (κ1) is 5.91. The molecule has 1 rings (SSSR count). The molecule has 0 saturated carbocycles. The summed E-state index contributed by atoms with van der Waals surface area (Å²) in [5, 5.41) is 10.8. The van der Waals surface area contributed by atoms with E-state index in [1.165, 1.54) is 19.1 Å². The van der Waals surface area contributed by atoms with Gasteiger partial charge in [-0.1, -0.05) is 28.1 Å². The van der Waals surface area contributed by atoms with Gasteiger partial charge in [0.1, 0.15) is 0 Å². The molecule has 0 aromatic carbocycles. The zero-order chi connectivity index (χ0) is 11.9. The third-order valence-electron chi connectivity index (χ3n) is 1.81. The second-order valence-electron chi connectivity index (χ2n) is 2.80. The van der Waals surface area contributed by atoms with Gasteiger partial charge < -0.3 is 0 Å². The molecule has 0 heterocycles. The Hall–Kier alpha value is -0.640. The SMILES string of the molecule is [2H]C([2H])([2H])C1(C)C([N+](=O)[O-])=CC=CC1Br. The number of hydrogen-bond donors (Lipinski definition) is 0. The highest BCUT2D eigenvalue weighted by atomic mass is 79.9. The third-order valence-corrected chi connectivity index (χ3v) is 3.04. The average molecular weight is 235 g/mol. The maximum Gasteiger partial charge on any atom is 0.253 e. The van der Waals surface area contributed by atoms with Gasteiger partial charge in [0.15, 0.2) is 0 Å². The molecule has 66 valence electrons. The molecule has 0 fully saturated rings. The Morgan fingerprint density at radius 1 is 1.92 bits per heavy atom. The summed E-state index contributed by atoms with van der Waals surface area (Å²) in [5.74, 6) is 0. The van der Waals surface area contributed by atoms with Crippen LogP contribution in [-0.2, 0) is 0 Å². The van der Waals surface area contributed by atoms with Crippen LogP contribution in [0.2, 0.25) is 0 Å². The van der Waals surface area contributed by atoms with Crippen LogP contribution >= 0.6 is 15.9 Å². The van der Waals surface area contributed by atoms with Gasteiger partial charge >= 0.3 is 0 Å². The molecule has 0 aromatic heterocycles. The van der Waals surface area contributed by atoms with Crippen molar-refractivity contribution >= 4 is 15.9 Å². The molecule has 0 radical (unpaired) electrons. The predicted molar refractivity (Wildman–Crippen MR) is 50.7 cm³/mol. The third kappa shape index (κ3) is 1.43. The van der Waals surface area contributed by atoms with E-state index in [-0.39, 0.29) is 5.70 Å². The van der Waals surface area contributed by atoms with Crippen molar-refractivity contribution in [3.63, 3.8) is 0 Å². The van der Waals surface area contributed by atoms with Gasteiger partial charge in [0, 0.05) is 15.0 Å². The molecule has 4 heteroatoms. The smallest absolute Gasteiger partial charge is 0.253 e. The molecule has 0 aromatic rings. The van der Waals surface area contributed by atoms with Crippen LogP contribution in [0.25, 0.3) is 0 Å². The van der Waals surface area contributed by atoms with E-state index >= 15 is 0 Å². The summed E-state index contributed by atoms with van der Waals surface area (Å²) in [4.78, 5) is 9.59. The van der Waals surface area contributed by atoms with Crippen LogP contribution in [0.4, 0.5) is 0 Å². The van der Waals surface area contributed by atoms with E-state index in [9.17, 15) is 10.1 Å². The van der Waals surface area contributed by atoms with Gasteiger partial charge in [-0.25, -0.2) is 0 Å². The summed E-state index contributed by atoms with van der Waals surface area (Å²) >= 11 is 3.16. The summed E-state index contributed by atoms with van der Waals surface area (Å²) in [6.07, 6.45) is 4.33. The largest absolute Gasteiger partial charge is 0.259 e. The molecule has 1 aliphatic rings. The van der Waals surface area contributed by atoms with Gasteiger partial charge in [0.25, 0.3) is 5.70 Å². The Morgan fingerprint density at radius 3 is 3.00 bits per heavy atom. The second-order valence-corrected chi connectivity index (χ2v) is 3.78. The standard InChI is InChI=1S/C8H10BrNO2/c1-8(2)6(9)4-3-5-7(8)10(11)12/h3-6H,1-2H3/i1D3. The number of hydrogen-bond acceptors (Lipinski definition) is 2. The Labute approximate surface area is 83.6 Å². The molecular weight excluding hydrogens is 222 g/mol. The number of rotatable bonds is 1. The lowest BCUT2D eigenvalue weighted by Gasteiger charge is -2.27. The Morgan fingerprint density at radius 2 is 2.58 bits per heavy atom.